The van der Waals surface area contributed by atoms with Gasteiger partial charge < -0.3 is 15.0 Å². The lowest BCUT2D eigenvalue weighted by Gasteiger charge is -2.20. The zero-order valence-corrected chi connectivity index (χ0v) is 14.3. The maximum atomic E-state index is 12.6. The van der Waals surface area contributed by atoms with E-state index < -0.39 is 6.10 Å². The van der Waals surface area contributed by atoms with Crippen LogP contribution in [0.4, 0.5) is 11.4 Å². The Bertz CT molecular complexity index is 852. The molecule has 2 heterocycles. The van der Waals surface area contributed by atoms with Crippen molar-refractivity contribution in [1.82, 2.24) is 0 Å². The molecule has 0 spiro atoms. The van der Waals surface area contributed by atoms with E-state index in [9.17, 15) is 9.59 Å². The molecule has 1 atom stereocenters. The van der Waals surface area contributed by atoms with Gasteiger partial charge in [-0.05, 0) is 42.3 Å². The van der Waals surface area contributed by atoms with Gasteiger partial charge in [0.05, 0.1) is 11.4 Å². The highest BCUT2D eigenvalue weighted by molar-refractivity contribution is 6.30. The average Bonchev–Trinajstić information content (AvgIpc) is 3.21. The fourth-order valence-corrected chi connectivity index (χ4v) is 3.49. The summed E-state index contributed by atoms with van der Waals surface area (Å²) >= 11 is 5.99. The number of benzene rings is 2. The highest BCUT2D eigenvalue weighted by Crippen LogP contribution is 2.33. The van der Waals surface area contributed by atoms with Crippen LogP contribution in [-0.2, 0) is 16.0 Å². The zero-order valence-electron chi connectivity index (χ0n) is 13.5. The van der Waals surface area contributed by atoms with Crippen molar-refractivity contribution < 1.29 is 14.3 Å². The Morgan fingerprint density at radius 1 is 1.24 bits per heavy atom. The van der Waals surface area contributed by atoms with E-state index in [2.05, 4.69) is 5.32 Å². The number of nitrogens with one attached hydrogen (secondary N) is 1. The average molecular weight is 357 g/mol. The number of para-hydroxylation sites is 2. The fraction of sp³-hybridized carbons (Fsp3) is 0.263. The van der Waals surface area contributed by atoms with Gasteiger partial charge in [-0.2, -0.15) is 0 Å². The van der Waals surface area contributed by atoms with Gasteiger partial charge >= 0.3 is 0 Å². The molecule has 1 saturated heterocycles. The van der Waals surface area contributed by atoms with Crippen LogP contribution in [0.3, 0.4) is 0 Å². The Morgan fingerprint density at radius 3 is 2.88 bits per heavy atom. The van der Waals surface area contributed by atoms with Gasteiger partial charge in [0.15, 0.2) is 6.10 Å². The Balaban J connectivity index is 1.52. The van der Waals surface area contributed by atoms with Crippen LogP contribution in [0.2, 0.25) is 5.02 Å². The number of fused-ring (bicyclic) bond motifs is 1. The third kappa shape index (κ3) is 3.07. The minimum Gasteiger partial charge on any atom is -0.480 e. The molecule has 2 aromatic rings. The molecule has 6 heteroatoms. The summed E-state index contributed by atoms with van der Waals surface area (Å²) < 4.78 is 5.73. The molecule has 128 valence electrons. The molecule has 2 aliphatic heterocycles. The Hall–Kier alpha value is -2.53. The van der Waals surface area contributed by atoms with Crippen LogP contribution < -0.4 is 15.0 Å². The minimum atomic E-state index is -0.601. The third-order valence-corrected chi connectivity index (χ3v) is 4.75. The minimum absolute atomic E-state index is 0.0841. The van der Waals surface area contributed by atoms with E-state index in [1.165, 1.54) is 0 Å². The van der Waals surface area contributed by atoms with Crippen LogP contribution in [0, 0.1) is 0 Å². The van der Waals surface area contributed by atoms with Crippen molar-refractivity contribution in [2.24, 2.45) is 0 Å². The number of amides is 2. The van der Waals surface area contributed by atoms with Gasteiger partial charge in [0.2, 0.25) is 5.91 Å². The molecule has 5 nitrogen and oxygen atoms in total. The van der Waals surface area contributed by atoms with Crippen molar-refractivity contribution in [2.45, 2.75) is 25.4 Å². The topological polar surface area (TPSA) is 58.6 Å². The van der Waals surface area contributed by atoms with Gasteiger partial charge in [-0.15, -0.1) is 0 Å². The maximum Gasteiger partial charge on any atom is 0.265 e. The van der Waals surface area contributed by atoms with Gasteiger partial charge in [0, 0.05) is 24.4 Å². The molecule has 2 aliphatic rings. The Labute approximate surface area is 150 Å². The van der Waals surface area contributed by atoms with Crippen LogP contribution in [0.1, 0.15) is 18.4 Å². The largest absolute Gasteiger partial charge is 0.480 e. The van der Waals surface area contributed by atoms with E-state index in [4.69, 9.17) is 16.3 Å². The number of carbonyl (C=O) groups is 2. The summed E-state index contributed by atoms with van der Waals surface area (Å²) in [6.07, 6.45) is 1.26. The van der Waals surface area contributed by atoms with Gasteiger partial charge in [-0.25, -0.2) is 0 Å². The zero-order chi connectivity index (χ0) is 17.4. The summed E-state index contributed by atoms with van der Waals surface area (Å²) in [5.74, 6) is 0.542. The van der Waals surface area contributed by atoms with Crippen LogP contribution in [0.5, 0.6) is 5.75 Å². The molecule has 0 bridgehead atoms. The second-order valence-electron chi connectivity index (χ2n) is 6.22. The number of anilines is 2. The van der Waals surface area contributed by atoms with Crippen molar-refractivity contribution in [1.29, 1.82) is 0 Å². The molecule has 4 rings (SSSR count). The van der Waals surface area contributed by atoms with Gasteiger partial charge in [-0.1, -0.05) is 23.7 Å². The molecular formula is C19H17ClN2O3. The molecule has 0 saturated carbocycles. The molecule has 2 aromatic carbocycles. The molecule has 1 N–H and O–H groups in total. The summed E-state index contributed by atoms with van der Waals surface area (Å²) in [6, 6.07) is 12.7. The number of hydrogen-bond donors (Lipinski definition) is 1. The summed E-state index contributed by atoms with van der Waals surface area (Å²) in [5.41, 5.74) is 2.29. The standard InChI is InChI=1S/C19H17ClN2O3/c20-13-7-8-16-12(10-13)11-17(25-16)19(24)21-14-4-1-2-5-15(14)22-9-3-6-18(22)23/h1-2,4-5,7-8,10,17H,3,6,9,11H2,(H,21,24). The number of hydrogen-bond acceptors (Lipinski definition) is 3. The number of nitrogens with zero attached hydrogens (tertiary/aromatic N) is 1. The number of carbonyl (C=O) groups excluding carboxylic acids is 2. The molecule has 0 aromatic heterocycles. The quantitative estimate of drug-likeness (QED) is 0.916. The molecule has 1 fully saturated rings. The van der Waals surface area contributed by atoms with Gasteiger partial charge in [0.1, 0.15) is 5.75 Å². The fourth-order valence-electron chi connectivity index (χ4n) is 3.29. The molecule has 0 aliphatic carbocycles. The second-order valence-corrected chi connectivity index (χ2v) is 6.65. The summed E-state index contributed by atoms with van der Waals surface area (Å²) in [5, 5.41) is 3.53. The van der Waals surface area contributed by atoms with E-state index in [0.29, 0.717) is 35.8 Å². The van der Waals surface area contributed by atoms with E-state index in [0.717, 1.165) is 17.7 Å². The van der Waals surface area contributed by atoms with Gasteiger partial charge in [0.25, 0.3) is 5.91 Å². The molecule has 1 unspecified atom stereocenters. The Morgan fingerprint density at radius 2 is 2.08 bits per heavy atom. The molecule has 0 radical (unpaired) electrons. The van der Waals surface area contributed by atoms with E-state index in [-0.39, 0.29) is 11.8 Å². The number of halogens is 1. The molecule has 25 heavy (non-hydrogen) atoms. The van der Waals surface area contributed by atoms with E-state index in [1.54, 1.807) is 23.1 Å². The number of ether oxygens (including phenoxy) is 1. The summed E-state index contributed by atoms with van der Waals surface area (Å²) in [7, 11) is 0. The lowest BCUT2D eigenvalue weighted by Crippen LogP contribution is -2.32. The van der Waals surface area contributed by atoms with Crippen LogP contribution in [-0.4, -0.2) is 24.5 Å². The first-order valence-corrected chi connectivity index (χ1v) is 8.65. The Kier molecular flexibility index (Phi) is 4.09. The summed E-state index contributed by atoms with van der Waals surface area (Å²) in [6.45, 7) is 0.676. The van der Waals surface area contributed by atoms with Crippen molar-refractivity contribution in [2.75, 3.05) is 16.8 Å². The predicted octanol–water partition coefficient (Wildman–Crippen LogP) is 3.41. The van der Waals surface area contributed by atoms with Crippen LogP contribution in [0.25, 0.3) is 0 Å². The lowest BCUT2D eigenvalue weighted by molar-refractivity contribution is -0.122. The number of rotatable bonds is 3. The first kappa shape index (κ1) is 16.0. The second kappa shape index (κ2) is 6.41. The highest BCUT2D eigenvalue weighted by Gasteiger charge is 2.30. The first-order chi connectivity index (χ1) is 12.1. The summed E-state index contributed by atoms with van der Waals surface area (Å²) in [4.78, 5) is 26.4. The SMILES string of the molecule is O=C(Nc1ccccc1N1CCCC1=O)C1Cc2cc(Cl)ccc2O1. The van der Waals surface area contributed by atoms with Crippen molar-refractivity contribution in [3.05, 3.63) is 53.1 Å². The van der Waals surface area contributed by atoms with Crippen LogP contribution >= 0.6 is 11.6 Å². The maximum absolute atomic E-state index is 12.6. The third-order valence-electron chi connectivity index (χ3n) is 4.52. The monoisotopic (exact) mass is 356 g/mol. The highest BCUT2D eigenvalue weighted by atomic mass is 35.5. The molecule has 2 amide bonds. The first-order valence-electron chi connectivity index (χ1n) is 8.27. The van der Waals surface area contributed by atoms with Crippen molar-refractivity contribution in [3.63, 3.8) is 0 Å². The normalized spacial score (nSPS) is 18.8. The van der Waals surface area contributed by atoms with Crippen molar-refractivity contribution >= 4 is 34.8 Å². The van der Waals surface area contributed by atoms with Crippen molar-refractivity contribution in [3.8, 4) is 5.75 Å². The predicted molar refractivity (Wildman–Crippen MR) is 96.2 cm³/mol. The van der Waals surface area contributed by atoms with E-state index in [1.807, 2.05) is 24.3 Å². The van der Waals surface area contributed by atoms with E-state index >= 15 is 0 Å². The van der Waals surface area contributed by atoms with Gasteiger partial charge in [-0.3, -0.25) is 9.59 Å². The van der Waals surface area contributed by atoms with Crippen LogP contribution in [0.15, 0.2) is 42.5 Å². The molecular weight excluding hydrogens is 340 g/mol. The lowest BCUT2D eigenvalue weighted by atomic mass is 10.1. The smallest absolute Gasteiger partial charge is 0.265 e.